The number of hydrogen-bond donors (Lipinski definition) is 0. The van der Waals surface area contributed by atoms with Gasteiger partial charge in [0.15, 0.2) is 0 Å². The zero-order chi connectivity index (χ0) is 12.1. The molecule has 90 valence electrons. The minimum absolute atomic E-state index is 0.220. The molecule has 0 saturated heterocycles. The van der Waals surface area contributed by atoms with Crippen LogP contribution in [0.5, 0.6) is 0 Å². The van der Waals surface area contributed by atoms with Crippen LogP contribution in [0.15, 0.2) is 12.4 Å². The quantitative estimate of drug-likeness (QED) is 0.696. The molecule has 1 aromatic heterocycles. The molecule has 0 radical (unpaired) electrons. The number of rotatable bonds is 5. The highest BCUT2D eigenvalue weighted by atomic mass is 16.5. The fourth-order valence-corrected chi connectivity index (χ4v) is 1.38. The molecule has 0 unspecified atom stereocenters. The van der Waals surface area contributed by atoms with Gasteiger partial charge in [-0.3, -0.25) is 9.69 Å². The molecule has 0 saturated carbocycles. The largest absolute Gasteiger partial charge is 0.468 e. The third-order valence-electron chi connectivity index (χ3n) is 2.56. The van der Waals surface area contributed by atoms with Crippen molar-refractivity contribution in [2.45, 2.75) is 26.4 Å². The standard InChI is InChI=1S/C11H19N3O2/c1-9(2)14(8-11(15)16-4)7-10-12-5-6-13(10)3/h5-6,9H,7-8H2,1-4H3. The topological polar surface area (TPSA) is 47.4 Å². The Balaban J connectivity index is 2.65. The summed E-state index contributed by atoms with van der Waals surface area (Å²) in [6.07, 6.45) is 3.65. The Labute approximate surface area is 96.0 Å². The van der Waals surface area contributed by atoms with E-state index >= 15 is 0 Å². The number of aromatic nitrogens is 2. The number of carbonyl (C=O) groups is 1. The number of hydrogen-bond acceptors (Lipinski definition) is 4. The average Bonchev–Trinajstić information content (AvgIpc) is 2.63. The van der Waals surface area contributed by atoms with Crippen LogP contribution in [-0.2, 0) is 23.1 Å². The van der Waals surface area contributed by atoms with E-state index in [1.165, 1.54) is 7.11 Å². The molecule has 0 aliphatic carbocycles. The fraction of sp³-hybridized carbons (Fsp3) is 0.636. The van der Waals surface area contributed by atoms with Crippen LogP contribution >= 0.6 is 0 Å². The van der Waals surface area contributed by atoms with E-state index in [1.807, 2.05) is 36.6 Å². The van der Waals surface area contributed by atoms with Crippen molar-refractivity contribution in [2.24, 2.45) is 7.05 Å². The van der Waals surface area contributed by atoms with Crippen LogP contribution < -0.4 is 0 Å². The van der Waals surface area contributed by atoms with E-state index in [0.717, 1.165) is 5.82 Å². The molecule has 5 heteroatoms. The Bertz CT molecular complexity index is 347. The van der Waals surface area contributed by atoms with Gasteiger partial charge in [0, 0.05) is 25.5 Å². The lowest BCUT2D eigenvalue weighted by Gasteiger charge is -2.24. The predicted molar refractivity (Wildman–Crippen MR) is 60.8 cm³/mol. The molecule has 0 bridgehead atoms. The molecule has 0 aliphatic heterocycles. The third-order valence-corrected chi connectivity index (χ3v) is 2.56. The summed E-state index contributed by atoms with van der Waals surface area (Å²) in [5.41, 5.74) is 0. The monoisotopic (exact) mass is 225 g/mol. The van der Waals surface area contributed by atoms with Crippen LogP contribution in [0.3, 0.4) is 0 Å². The van der Waals surface area contributed by atoms with Crippen molar-refractivity contribution in [1.29, 1.82) is 0 Å². The molecule has 1 rings (SSSR count). The van der Waals surface area contributed by atoms with Crippen molar-refractivity contribution in [3.63, 3.8) is 0 Å². The number of carbonyl (C=O) groups excluding carboxylic acids is 1. The van der Waals surface area contributed by atoms with Gasteiger partial charge in [-0.1, -0.05) is 0 Å². The van der Waals surface area contributed by atoms with Gasteiger partial charge in [0.05, 0.1) is 20.2 Å². The Hall–Kier alpha value is -1.36. The first-order valence-electron chi connectivity index (χ1n) is 5.31. The Morgan fingerprint density at radius 2 is 2.31 bits per heavy atom. The maximum atomic E-state index is 11.2. The van der Waals surface area contributed by atoms with Crippen LogP contribution in [0.2, 0.25) is 0 Å². The first kappa shape index (κ1) is 12.7. The highest BCUT2D eigenvalue weighted by molar-refractivity contribution is 5.71. The maximum absolute atomic E-state index is 11.2. The van der Waals surface area contributed by atoms with Crippen LogP contribution in [0.1, 0.15) is 19.7 Å². The Kier molecular flexibility index (Phi) is 4.49. The molecule has 0 N–H and O–H groups in total. The molecule has 1 heterocycles. The minimum atomic E-state index is -0.220. The summed E-state index contributed by atoms with van der Waals surface area (Å²) in [4.78, 5) is 17.5. The first-order chi connectivity index (χ1) is 7.54. The molecule has 0 amide bonds. The van der Waals surface area contributed by atoms with Crippen molar-refractivity contribution in [3.05, 3.63) is 18.2 Å². The second kappa shape index (κ2) is 5.65. The van der Waals surface area contributed by atoms with E-state index in [1.54, 1.807) is 6.20 Å². The summed E-state index contributed by atoms with van der Waals surface area (Å²) >= 11 is 0. The smallest absolute Gasteiger partial charge is 0.319 e. The van der Waals surface area contributed by atoms with E-state index in [0.29, 0.717) is 13.1 Å². The number of aryl methyl sites for hydroxylation is 1. The number of methoxy groups -OCH3 is 1. The van der Waals surface area contributed by atoms with Crippen molar-refractivity contribution in [2.75, 3.05) is 13.7 Å². The summed E-state index contributed by atoms with van der Waals surface area (Å²) in [5.74, 6) is 0.723. The zero-order valence-corrected chi connectivity index (χ0v) is 10.3. The highest BCUT2D eigenvalue weighted by Gasteiger charge is 2.16. The van der Waals surface area contributed by atoms with Gasteiger partial charge in [-0.15, -0.1) is 0 Å². The minimum Gasteiger partial charge on any atom is -0.468 e. The Morgan fingerprint density at radius 1 is 1.62 bits per heavy atom. The van der Waals surface area contributed by atoms with Gasteiger partial charge < -0.3 is 9.30 Å². The lowest BCUT2D eigenvalue weighted by atomic mass is 10.3. The van der Waals surface area contributed by atoms with Crippen molar-refractivity contribution < 1.29 is 9.53 Å². The average molecular weight is 225 g/mol. The summed E-state index contributed by atoms with van der Waals surface area (Å²) in [6.45, 7) is 5.04. The van der Waals surface area contributed by atoms with Gasteiger partial charge in [-0.2, -0.15) is 0 Å². The van der Waals surface area contributed by atoms with Gasteiger partial charge in [-0.25, -0.2) is 4.98 Å². The fourth-order valence-electron chi connectivity index (χ4n) is 1.38. The number of ether oxygens (including phenoxy) is 1. The van der Waals surface area contributed by atoms with Crippen LogP contribution in [0.4, 0.5) is 0 Å². The number of imidazole rings is 1. The molecule has 0 aromatic carbocycles. The van der Waals surface area contributed by atoms with Gasteiger partial charge in [0.2, 0.25) is 0 Å². The second-order valence-corrected chi connectivity index (χ2v) is 4.03. The van der Waals surface area contributed by atoms with E-state index in [9.17, 15) is 4.79 Å². The SMILES string of the molecule is COC(=O)CN(Cc1nccn1C)C(C)C. The number of nitrogens with zero attached hydrogens (tertiary/aromatic N) is 3. The molecule has 0 spiro atoms. The van der Waals surface area contributed by atoms with Gasteiger partial charge in [-0.05, 0) is 13.8 Å². The lowest BCUT2D eigenvalue weighted by molar-refractivity contribution is -0.142. The second-order valence-electron chi connectivity index (χ2n) is 4.03. The van der Waals surface area contributed by atoms with E-state index < -0.39 is 0 Å². The molecule has 16 heavy (non-hydrogen) atoms. The van der Waals surface area contributed by atoms with Crippen molar-refractivity contribution in [1.82, 2.24) is 14.5 Å². The maximum Gasteiger partial charge on any atom is 0.319 e. The normalized spacial score (nSPS) is 11.1. The third kappa shape index (κ3) is 3.34. The summed E-state index contributed by atoms with van der Waals surface area (Å²) in [5, 5.41) is 0. The Morgan fingerprint density at radius 3 is 2.75 bits per heavy atom. The van der Waals surface area contributed by atoms with E-state index in [2.05, 4.69) is 9.72 Å². The van der Waals surface area contributed by atoms with Crippen molar-refractivity contribution in [3.8, 4) is 0 Å². The molecular formula is C11H19N3O2. The molecular weight excluding hydrogens is 206 g/mol. The van der Waals surface area contributed by atoms with E-state index in [4.69, 9.17) is 0 Å². The molecule has 5 nitrogen and oxygen atoms in total. The van der Waals surface area contributed by atoms with E-state index in [-0.39, 0.29) is 12.0 Å². The summed E-state index contributed by atoms with van der Waals surface area (Å²) < 4.78 is 6.62. The van der Waals surface area contributed by atoms with Crippen LogP contribution in [0, 0.1) is 0 Å². The molecule has 0 aliphatic rings. The molecule has 0 atom stereocenters. The summed E-state index contributed by atoms with van der Waals surface area (Å²) in [7, 11) is 3.35. The molecule has 0 fully saturated rings. The molecule has 1 aromatic rings. The summed E-state index contributed by atoms with van der Waals surface area (Å²) in [6, 6.07) is 0.274. The number of esters is 1. The highest BCUT2D eigenvalue weighted by Crippen LogP contribution is 2.06. The zero-order valence-electron chi connectivity index (χ0n) is 10.3. The first-order valence-corrected chi connectivity index (χ1v) is 5.31. The van der Waals surface area contributed by atoms with Gasteiger partial charge in [0.25, 0.3) is 0 Å². The van der Waals surface area contributed by atoms with Gasteiger partial charge in [0.1, 0.15) is 5.82 Å². The predicted octanol–water partition coefficient (Wildman–Crippen LogP) is 0.803. The van der Waals surface area contributed by atoms with Crippen LogP contribution in [-0.4, -0.2) is 40.1 Å². The van der Waals surface area contributed by atoms with Crippen LogP contribution in [0.25, 0.3) is 0 Å². The van der Waals surface area contributed by atoms with Gasteiger partial charge >= 0.3 is 5.97 Å². The van der Waals surface area contributed by atoms with Crippen molar-refractivity contribution >= 4 is 5.97 Å². The lowest BCUT2D eigenvalue weighted by Crippen LogP contribution is -2.36.